The highest BCUT2D eigenvalue weighted by molar-refractivity contribution is 9.10. The number of halogens is 2. The Kier molecular flexibility index (Phi) is 3.46. The highest BCUT2D eigenvalue weighted by Crippen LogP contribution is 2.20. The molecular formula is C14H9BrClN3O. The number of benzene rings is 2. The predicted octanol–water partition coefficient (Wildman–Crippen LogP) is 4.23. The number of imidazole rings is 1. The molecule has 0 aliphatic heterocycles. The van der Waals surface area contributed by atoms with Crippen LogP contribution < -0.4 is 5.32 Å². The Morgan fingerprint density at radius 1 is 1.25 bits per heavy atom. The standard InChI is InChI=1S/C14H9BrClN3O/c15-9-5-8(6-10(16)7-9)13(20)19-14-17-11-3-1-2-4-12(11)18-14/h1-7H,(H2,17,18,19,20). The van der Waals surface area contributed by atoms with Crippen molar-refractivity contribution in [3.8, 4) is 0 Å². The van der Waals surface area contributed by atoms with Gasteiger partial charge in [0.15, 0.2) is 0 Å². The van der Waals surface area contributed by atoms with Crippen molar-refractivity contribution in [3.63, 3.8) is 0 Å². The van der Waals surface area contributed by atoms with E-state index < -0.39 is 0 Å². The third kappa shape index (κ3) is 2.69. The zero-order valence-corrected chi connectivity index (χ0v) is 12.5. The van der Waals surface area contributed by atoms with Crippen LogP contribution in [0.2, 0.25) is 5.02 Å². The maximum absolute atomic E-state index is 12.1. The number of aromatic amines is 1. The fourth-order valence-electron chi connectivity index (χ4n) is 1.88. The number of hydrogen-bond donors (Lipinski definition) is 2. The molecule has 0 bridgehead atoms. The van der Waals surface area contributed by atoms with Gasteiger partial charge in [-0.3, -0.25) is 10.1 Å². The molecule has 2 N–H and O–H groups in total. The lowest BCUT2D eigenvalue weighted by Crippen LogP contribution is -2.12. The van der Waals surface area contributed by atoms with Gasteiger partial charge in [-0.1, -0.05) is 39.7 Å². The first-order valence-electron chi connectivity index (χ1n) is 5.84. The molecule has 0 aliphatic rings. The molecule has 0 saturated carbocycles. The maximum Gasteiger partial charge on any atom is 0.258 e. The van der Waals surface area contributed by atoms with Crippen LogP contribution in [0.15, 0.2) is 46.9 Å². The molecule has 3 aromatic rings. The van der Waals surface area contributed by atoms with Crippen molar-refractivity contribution in [2.75, 3.05) is 5.32 Å². The molecule has 1 amide bonds. The van der Waals surface area contributed by atoms with E-state index in [9.17, 15) is 4.79 Å². The first kappa shape index (κ1) is 13.1. The molecule has 0 fully saturated rings. The van der Waals surface area contributed by atoms with E-state index in [0.717, 1.165) is 15.5 Å². The lowest BCUT2D eigenvalue weighted by atomic mass is 10.2. The lowest BCUT2D eigenvalue weighted by Gasteiger charge is -2.03. The van der Waals surface area contributed by atoms with Crippen LogP contribution in [0.4, 0.5) is 5.95 Å². The Hall–Kier alpha value is -1.85. The number of carbonyl (C=O) groups is 1. The summed E-state index contributed by atoms with van der Waals surface area (Å²) in [4.78, 5) is 19.5. The molecule has 0 atom stereocenters. The molecule has 4 nitrogen and oxygen atoms in total. The summed E-state index contributed by atoms with van der Waals surface area (Å²) in [7, 11) is 0. The Balaban J connectivity index is 1.88. The SMILES string of the molecule is O=C(Nc1nc2ccccc2[nH]1)c1cc(Cl)cc(Br)c1. The number of anilines is 1. The molecule has 100 valence electrons. The normalized spacial score (nSPS) is 10.7. The minimum Gasteiger partial charge on any atom is -0.324 e. The van der Waals surface area contributed by atoms with Gasteiger partial charge in [-0.15, -0.1) is 0 Å². The molecule has 3 rings (SSSR count). The van der Waals surface area contributed by atoms with Gasteiger partial charge in [0, 0.05) is 15.1 Å². The second kappa shape index (κ2) is 5.26. The van der Waals surface area contributed by atoms with E-state index in [1.165, 1.54) is 0 Å². The van der Waals surface area contributed by atoms with E-state index in [0.29, 0.717) is 16.5 Å². The summed E-state index contributed by atoms with van der Waals surface area (Å²) in [6.45, 7) is 0. The fraction of sp³-hybridized carbons (Fsp3) is 0. The molecular weight excluding hydrogens is 342 g/mol. The second-order valence-electron chi connectivity index (χ2n) is 4.21. The summed E-state index contributed by atoms with van der Waals surface area (Å²) in [5.41, 5.74) is 2.13. The number of carbonyl (C=O) groups excluding carboxylic acids is 1. The monoisotopic (exact) mass is 349 g/mol. The minimum atomic E-state index is -0.271. The van der Waals surface area contributed by atoms with Gasteiger partial charge in [-0.2, -0.15) is 0 Å². The van der Waals surface area contributed by atoms with E-state index in [-0.39, 0.29) is 5.91 Å². The highest BCUT2D eigenvalue weighted by Gasteiger charge is 2.10. The van der Waals surface area contributed by atoms with Crippen LogP contribution in [0.25, 0.3) is 11.0 Å². The summed E-state index contributed by atoms with van der Waals surface area (Å²) in [6, 6.07) is 12.6. The van der Waals surface area contributed by atoms with Gasteiger partial charge < -0.3 is 4.98 Å². The van der Waals surface area contributed by atoms with Crippen molar-refractivity contribution < 1.29 is 4.79 Å². The van der Waals surface area contributed by atoms with Gasteiger partial charge in [0.2, 0.25) is 5.95 Å². The summed E-state index contributed by atoms with van der Waals surface area (Å²) < 4.78 is 0.750. The summed E-state index contributed by atoms with van der Waals surface area (Å²) in [6.07, 6.45) is 0. The van der Waals surface area contributed by atoms with Crippen molar-refractivity contribution >= 4 is 50.4 Å². The molecule has 1 aromatic heterocycles. The quantitative estimate of drug-likeness (QED) is 0.726. The third-order valence-electron chi connectivity index (χ3n) is 2.75. The van der Waals surface area contributed by atoms with Crippen molar-refractivity contribution in [3.05, 3.63) is 57.5 Å². The third-order valence-corrected chi connectivity index (χ3v) is 3.42. The number of hydrogen-bond acceptors (Lipinski definition) is 2. The second-order valence-corrected chi connectivity index (χ2v) is 5.57. The van der Waals surface area contributed by atoms with E-state index in [1.54, 1.807) is 18.2 Å². The molecule has 6 heteroatoms. The molecule has 0 radical (unpaired) electrons. The molecule has 1 heterocycles. The van der Waals surface area contributed by atoms with Gasteiger partial charge in [0.25, 0.3) is 5.91 Å². The number of fused-ring (bicyclic) bond motifs is 1. The Morgan fingerprint density at radius 3 is 2.80 bits per heavy atom. The Bertz CT molecular complexity index is 747. The van der Waals surface area contributed by atoms with E-state index >= 15 is 0 Å². The molecule has 0 aliphatic carbocycles. The van der Waals surface area contributed by atoms with Crippen LogP contribution in [0.3, 0.4) is 0 Å². The largest absolute Gasteiger partial charge is 0.324 e. The molecule has 2 aromatic carbocycles. The van der Waals surface area contributed by atoms with Crippen molar-refractivity contribution in [2.45, 2.75) is 0 Å². The number of para-hydroxylation sites is 2. The van der Waals surface area contributed by atoms with Crippen molar-refractivity contribution in [2.24, 2.45) is 0 Å². The average molecular weight is 351 g/mol. The van der Waals surface area contributed by atoms with E-state index in [2.05, 4.69) is 31.2 Å². The number of nitrogens with zero attached hydrogens (tertiary/aromatic N) is 1. The average Bonchev–Trinajstić information content (AvgIpc) is 2.79. The van der Waals surface area contributed by atoms with Gasteiger partial charge in [-0.25, -0.2) is 4.98 Å². The van der Waals surface area contributed by atoms with Crippen LogP contribution in [0.5, 0.6) is 0 Å². The summed E-state index contributed by atoms with van der Waals surface area (Å²) >= 11 is 9.23. The van der Waals surface area contributed by atoms with Gasteiger partial charge >= 0.3 is 0 Å². The molecule has 0 spiro atoms. The van der Waals surface area contributed by atoms with Crippen LogP contribution in [-0.4, -0.2) is 15.9 Å². The lowest BCUT2D eigenvalue weighted by molar-refractivity contribution is 0.102. The molecule has 20 heavy (non-hydrogen) atoms. The zero-order valence-electron chi connectivity index (χ0n) is 10.2. The Labute approximate surface area is 128 Å². The minimum absolute atomic E-state index is 0.271. The molecule has 0 unspecified atom stereocenters. The van der Waals surface area contributed by atoms with Crippen LogP contribution in [0.1, 0.15) is 10.4 Å². The van der Waals surface area contributed by atoms with Gasteiger partial charge in [0.05, 0.1) is 11.0 Å². The maximum atomic E-state index is 12.1. The number of amides is 1. The number of H-pyrrole nitrogens is 1. The number of aromatic nitrogens is 2. The van der Waals surface area contributed by atoms with Crippen molar-refractivity contribution in [1.82, 2.24) is 9.97 Å². The Morgan fingerprint density at radius 2 is 2.05 bits per heavy atom. The van der Waals surface area contributed by atoms with E-state index in [1.807, 2.05) is 24.3 Å². The number of rotatable bonds is 2. The smallest absolute Gasteiger partial charge is 0.258 e. The summed E-state index contributed by atoms with van der Waals surface area (Å²) in [5.74, 6) is 0.138. The number of nitrogens with one attached hydrogen (secondary N) is 2. The van der Waals surface area contributed by atoms with Crippen LogP contribution in [-0.2, 0) is 0 Å². The fourth-order valence-corrected chi connectivity index (χ4v) is 2.74. The predicted molar refractivity (Wildman–Crippen MR) is 83.2 cm³/mol. The topological polar surface area (TPSA) is 57.8 Å². The van der Waals surface area contributed by atoms with E-state index in [4.69, 9.17) is 11.6 Å². The van der Waals surface area contributed by atoms with Gasteiger partial charge in [-0.05, 0) is 30.3 Å². The molecule has 0 saturated heterocycles. The van der Waals surface area contributed by atoms with Crippen LogP contribution in [0, 0.1) is 0 Å². The van der Waals surface area contributed by atoms with Gasteiger partial charge in [0.1, 0.15) is 0 Å². The van der Waals surface area contributed by atoms with Crippen LogP contribution >= 0.6 is 27.5 Å². The first-order chi connectivity index (χ1) is 9.61. The summed E-state index contributed by atoms with van der Waals surface area (Å²) in [5, 5.41) is 3.21. The van der Waals surface area contributed by atoms with Crippen molar-refractivity contribution in [1.29, 1.82) is 0 Å². The first-order valence-corrected chi connectivity index (χ1v) is 7.01. The highest BCUT2D eigenvalue weighted by atomic mass is 79.9. The zero-order chi connectivity index (χ0) is 14.1.